The van der Waals surface area contributed by atoms with E-state index in [1.165, 1.54) is 44.1 Å². The number of benzene rings is 1. The van der Waals surface area contributed by atoms with Crippen LogP contribution in [-0.4, -0.2) is 16.8 Å². The second kappa shape index (κ2) is 9.70. The summed E-state index contributed by atoms with van der Waals surface area (Å²) in [7, 11) is 1.95. The first-order chi connectivity index (χ1) is 11.4. The minimum atomic E-state index is 0. The maximum Gasteiger partial charge on any atom is 0.212 e. The molecule has 1 aromatic heterocycles. The molecule has 132 valence electrons. The molecular weight excluding hydrogens is 322 g/mol. The molecular formula is C19H28ClN3O. The van der Waals surface area contributed by atoms with Gasteiger partial charge in [0.15, 0.2) is 0 Å². The van der Waals surface area contributed by atoms with Crippen molar-refractivity contribution in [1.29, 1.82) is 0 Å². The summed E-state index contributed by atoms with van der Waals surface area (Å²) in [5.74, 6) is 0.908. The molecule has 0 atom stereocenters. The number of hydrogen-bond acceptors (Lipinski definition) is 3. The third kappa shape index (κ3) is 4.99. The van der Waals surface area contributed by atoms with Gasteiger partial charge in [0, 0.05) is 12.6 Å². The molecule has 24 heavy (non-hydrogen) atoms. The van der Waals surface area contributed by atoms with Gasteiger partial charge in [-0.1, -0.05) is 56.0 Å². The molecule has 1 N–H and O–H groups in total. The summed E-state index contributed by atoms with van der Waals surface area (Å²) in [6.45, 7) is 1.37. The van der Waals surface area contributed by atoms with Crippen LogP contribution in [0.2, 0.25) is 0 Å². The Morgan fingerprint density at radius 3 is 2.50 bits per heavy atom. The van der Waals surface area contributed by atoms with E-state index in [0.29, 0.717) is 12.6 Å². The molecule has 0 saturated heterocycles. The van der Waals surface area contributed by atoms with Crippen molar-refractivity contribution in [3.8, 4) is 5.88 Å². The molecule has 1 heterocycles. The van der Waals surface area contributed by atoms with Gasteiger partial charge in [-0.2, -0.15) is 5.10 Å². The van der Waals surface area contributed by atoms with E-state index in [2.05, 4.69) is 28.2 Å². The summed E-state index contributed by atoms with van der Waals surface area (Å²) in [6.07, 6.45) is 7.71. The molecule has 0 aliphatic heterocycles. The van der Waals surface area contributed by atoms with Crippen LogP contribution in [0, 0.1) is 0 Å². The summed E-state index contributed by atoms with van der Waals surface area (Å²) in [6, 6.07) is 12.9. The number of aromatic nitrogens is 2. The lowest BCUT2D eigenvalue weighted by Gasteiger charge is -2.18. The standard InChI is InChI=1S/C19H27N3O.ClH/c1-20-14-17-13-19(23-15-16-9-5-4-6-10-16)22(21-17)18-11-7-2-3-8-12-18;/h4-6,9-10,13,18,20H,2-3,7-8,11-12,14-15H2,1H3;1H. The van der Waals surface area contributed by atoms with Gasteiger partial charge in [-0.05, 0) is 25.5 Å². The van der Waals surface area contributed by atoms with E-state index < -0.39 is 0 Å². The Hall–Kier alpha value is -1.52. The van der Waals surface area contributed by atoms with E-state index in [9.17, 15) is 0 Å². The lowest BCUT2D eigenvalue weighted by atomic mass is 10.1. The molecule has 2 aromatic rings. The fourth-order valence-electron chi connectivity index (χ4n) is 3.30. The molecule has 1 fully saturated rings. The van der Waals surface area contributed by atoms with E-state index in [1.54, 1.807) is 0 Å². The Balaban J connectivity index is 0.00000208. The van der Waals surface area contributed by atoms with Gasteiger partial charge in [0.25, 0.3) is 0 Å². The lowest BCUT2D eigenvalue weighted by Crippen LogP contribution is -2.13. The van der Waals surface area contributed by atoms with Crippen LogP contribution >= 0.6 is 12.4 Å². The zero-order valence-corrected chi connectivity index (χ0v) is 15.2. The van der Waals surface area contributed by atoms with Crippen LogP contribution in [0.1, 0.15) is 55.8 Å². The maximum atomic E-state index is 6.12. The van der Waals surface area contributed by atoms with Gasteiger partial charge in [-0.25, -0.2) is 4.68 Å². The van der Waals surface area contributed by atoms with Crippen molar-refractivity contribution in [2.75, 3.05) is 7.05 Å². The second-order valence-corrected chi connectivity index (χ2v) is 6.37. The number of ether oxygens (including phenoxy) is 1. The monoisotopic (exact) mass is 349 g/mol. The van der Waals surface area contributed by atoms with Gasteiger partial charge in [0.2, 0.25) is 5.88 Å². The fraction of sp³-hybridized carbons (Fsp3) is 0.526. The van der Waals surface area contributed by atoms with E-state index in [1.807, 2.05) is 25.2 Å². The van der Waals surface area contributed by atoms with Crippen molar-refractivity contribution in [3.63, 3.8) is 0 Å². The highest BCUT2D eigenvalue weighted by atomic mass is 35.5. The van der Waals surface area contributed by atoms with Crippen LogP contribution in [0.5, 0.6) is 5.88 Å². The Bertz CT molecular complexity index is 592. The van der Waals surface area contributed by atoms with Gasteiger partial charge >= 0.3 is 0 Å². The predicted octanol–water partition coefficient (Wildman–Crippen LogP) is 4.50. The summed E-state index contributed by atoms with van der Waals surface area (Å²) >= 11 is 0. The zero-order valence-electron chi connectivity index (χ0n) is 14.4. The molecule has 0 spiro atoms. The topological polar surface area (TPSA) is 39.1 Å². The molecule has 0 radical (unpaired) electrons. The van der Waals surface area contributed by atoms with E-state index in [0.717, 1.165) is 18.1 Å². The van der Waals surface area contributed by atoms with Gasteiger partial charge in [-0.3, -0.25) is 0 Å². The van der Waals surface area contributed by atoms with Crippen LogP contribution in [0.15, 0.2) is 36.4 Å². The summed E-state index contributed by atoms with van der Waals surface area (Å²) in [5.41, 5.74) is 2.25. The summed E-state index contributed by atoms with van der Waals surface area (Å²) in [5, 5.41) is 7.99. The van der Waals surface area contributed by atoms with Crippen LogP contribution in [0.3, 0.4) is 0 Å². The minimum Gasteiger partial charge on any atom is -0.473 e. The average molecular weight is 350 g/mol. The van der Waals surface area contributed by atoms with Crippen molar-refractivity contribution in [2.24, 2.45) is 0 Å². The Morgan fingerprint density at radius 2 is 1.83 bits per heavy atom. The first-order valence-corrected chi connectivity index (χ1v) is 8.76. The molecule has 1 saturated carbocycles. The van der Waals surface area contributed by atoms with Crippen molar-refractivity contribution < 1.29 is 4.74 Å². The number of rotatable bonds is 6. The van der Waals surface area contributed by atoms with Crippen molar-refractivity contribution in [2.45, 2.75) is 57.7 Å². The molecule has 3 rings (SSSR count). The number of nitrogens with one attached hydrogen (secondary N) is 1. The first kappa shape index (κ1) is 18.8. The first-order valence-electron chi connectivity index (χ1n) is 8.76. The third-order valence-electron chi connectivity index (χ3n) is 4.51. The van der Waals surface area contributed by atoms with Gasteiger partial charge in [0.05, 0.1) is 11.7 Å². The maximum absolute atomic E-state index is 6.12. The smallest absolute Gasteiger partial charge is 0.212 e. The largest absolute Gasteiger partial charge is 0.473 e. The molecule has 4 nitrogen and oxygen atoms in total. The lowest BCUT2D eigenvalue weighted by molar-refractivity contribution is 0.251. The van der Waals surface area contributed by atoms with E-state index in [4.69, 9.17) is 9.84 Å². The molecule has 0 bridgehead atoms. The van der Waals surface area contributed by atoms with Gasteiger partial charge in [0.1, 0.15) is 6.61 Å². The second-order valence-electron chi connectivity index (χ2n) is 6.37. The zero-order chi connectivity index (χ0) is 15.9. The quantitative estimate of drug-likeness (QED) is 0.780. The number of hydrogen-bond donors (Lipinski definition) is 1. The molecule has 1 aliphatic rings. The van der Waals surface area contributed by atoms with Crippen LogP contribution in [0.25, 0.3) is 0 Å². The predicted molar refractivity (Wildman–Crippen MR) is 99.8 cm³/mol. The van der Waals surface area contributed by atoms with E-state index >= 15 is 0 Å². The van der Waals surface area contributed by atoms with Crippen molar-refractivity contribution in [3.05, 3.63) is 47.7 Å². The highest BCUT2D eigenvalue weighted by Crippen LogP contribution is 2.31. The number of nitrogens with zero attached hydrogens (tertiary/aromatic N) is 2. The third-order valence-corrected chi connectivity index (χ3v) is 4.51. The minimum absolute atomic E-state index is 0. The average Bonchev–Trinajstić information content (AvgIpc) is 2.80. The molecule has 5 heteroatoms. The van der Waals surface area contributed by atoms with Crippen LogP contribution in [0.4, 0.5) is 0 Å². The highest BCUT2D eigenvalue weighted by Gasteiger charge is 2.20. The molecule has 0 amide bonds. The Labute approximate surface area is 151 Å². The normalized spacial score (nSPS) is 15.5. The van der Waals surface area contributed by atoms with Crippen LogP contribution in [-0.2, 0) is 13.2 Å². The Morgan fingerprint density at radius 1 is 1.12 bits per heavy atom. The SMILES string of the molecule is CNCc1cc(OCc2ccccc2)n(C2CCCCCC2)n1.Cl. The van der Waals surface area contributed by atoms with Gasteiger partial charge in [-0.15, -0.1) is 12.4 Å². The molecule has 0 unspecified atom stereocenters. The Kier molecular flexibility index (Phi) is 7.60. The van der Waals surface area contributed by atoms with Gasteiger partial charge < -0.3 is 10.1 Å². The summed E-state index contributed by atoms with van der Waals surface area (Å²) < 4.78 is 8.26. The number of halogens is 1. The van der Waals surface area contributed by atoms with Crippen molar-refractivity contribution >= 4 is 12.4 Å². The fourth-order valence-corrected chi connectivity index (χ4v) is 3.30. The molecule has 1 aromatic carbocycles. The highest BCUT2D eigenvalue weighted by molar-refractivity contribution is 5.85. The van der Waals surface area contributed by atoms with E-state index in [-0.39, 0.29) is 12.4 Å². The summed E-state index contributed by atoms with van der Waals surface area (Å²) in [4.78, 5) is 0. The molecule has 1 aliphatic carbocycles. The van der Waals surface area contributed by atoms with Crippen LogP contribution < -0.4 is 10.1 Å². The van der Waals surface area contributed by atoms with Crippen molar-refractivity contribution in [1.82, 2.24) is 15.1 Å².